The zero-order valence-corrected chi connectivity index (χ0v) is 22.6. The number of rotatable bonds is 9. The smallest absolute Gasteiger partial charge is 0.307 e. The van der Waals surface area contributed by atoms with E-state index < -0.39 is 36.6 Å². The second-order valence-corrected chi connectivity index (χ2v) is 12.1. The van der Waals surface area contributed by atoms with E-state index in [1.54, 1.807) is 24.3 Å². The topological polar surface area (TPSA) is 127 Å². The number of aliphatic hydroxyl groups excluding tert-OH is 3. The molecule has 0 spiro atoms. The molecular formula is C29H42O7. The standard InChI is InChI=1S/C29H42O7/c1-26(2,3)21-12-19(8-10-23(21)33)28(7,14-25(35)36-18-29(15-30,16-31)17-32)20-9-11-24(34)22(13-20)27(4,5)6/h8-13,30-34H,14-18H2,1-7H3. The summed E-state index contributed by atoms with van der Waals surface area (Å²) in [6, 6.07) is 10.6. The summed E-state index contributed by atoms with van der Waals surface area (Å²) in [5.41, 5.74) is 0.0896. The zero-order valence-electron chi connectivity index (χ0n) is 22.6. The van der Waals surface area contributed by atoms with Crippen LogP contribution in [0.3, 0.4) is 0 Å². The van der Waals surface area contributed by atoms with Crippen molar-refractivity contribution in [2.75, 3.05) is 26.4 Å². The first-order chi connectivity index (χ1) is 16.5. The van der Waals surface area contributed by atoms with E-state index in [2.05, 4.69) is 0 Å². The maximum Gasteiger partial charge on any atom is 0.307 e. The molecule has 0 amide bonds. The molecular weight excluding hydrogens is 460 g/mol. The Kier molecular flexibility index (Phi) is 8.88. The number of phenols is 2. The molecule has 2 aromatic rings. The molecule has 0 bridgehead atoms. The van der Waals surface area contributed by atoms with Crippen LogP contribution in [0.4, 0.5) is 0 Å². The number of aliphatic hydroxyl groups is 3. The number of hydrogen-bond acceptors (Lipinski definition) is 7. The first-order valence-corrected chi connectivity index (χ1v) is 12.2. The highest BCUT2D eigenvalue weighted by atomic mass is 16.5. The van der Waals surface area contributed by atoms with Gasteiger partial charge < -0.3 is 30.3 Å². The van der Waals surface area contributed by atoms with Crippen LogP contribution in [-0.4, -0.2) is 57.9 Å². The quantitative estimate of drug-likeness (QED) is 0.329. The second kappa shape index (κ2) is 10.8. The highest BCUT2D eigenvalue weighted by Gasteiger charge is 2.37. The van der Waals surface area contributed by atoms with Crippen LogP contribution in [-0.2, 0) is 25.8 Å². The van der Waals surface area contributed by atoms with Crippen molar-refractivity contribution in [2.24, 2.45) is 5.41 Å². The van der Waals surface area contributed by atoms with Gasteiger partial charge in [-0.25, -0.2) is 0 Å². The number of carbonyl (C=O) groups excluding carboxylic acids is 1. The Bertz CT molecular complexity index is 985. The first kappa shape index (κ1) is 29.6. The van der Waals surface area contributed by atoms with Gasteiger partial charge in [0.05, 0.1) is 31.7 Å². The van der Waals surface area contributed by atoms with Gasteiger partial charge in [-0.2, -0.15) is 0 Å². The van der Waals surface area contributed by atoms with Crippen molar-refractivity contribution in [1.82, 2.24) is 0 Å². The third kappa shape index (κ3) is 6.38. The molecule has 0 aliphatic heterocycles. The highest BCUT2D eigenvalue weighted by molar-refractivity contribution is 5.73. The lowest BCUT2D eigenvalue weighted by molar-refractivity contribution is -0.152. The summed E-state index contributed by atoms with van der Waals surface area (Å²) < 4.78 is 5.44. The van der Waals surface area contributed by atoms with Gasteiger partial charge in [0.1, 0.15) is 18.1 Å². The molecule has 5 N–H and O–H groups in total. The Balaban J connectivity index is 2.62. The summed E-state index contributed by atoms with van der Waals surface area (Å²) in [5.74, 6) is -0.250. The van der Waals surface area contributed by atoms with Gasteiger partial charge in [-0.3, -0.25) is 4.79 Å². The minimum absolute atomic E-state index is 0.0892. The molecule has 0 aliphatic carbocycles. The highest BCUT2D eigenvalue weighted by Crippen LogP contribution is 2.43. The predicted octanol–water partition coefficient (Wildman–Crippen LogP) is 3.90. The molecule has 0 aliphatic rings. The monoisotopic (exact) mass is 502 g/mol. The molecule has 0 unspecified atom stereocenters. The Morgan fingerprint density at radius 1 is 0.722 bits per heavy atom. The maximum atomic E-state index is 13.1. The van der Waals surface area contributed by atoms with Gasteiger partial charge in [-0.1, -0.05) is 72.7 Å². The normalized spacial score (nSPS) is 13.1. The van der Waals surface area contributed by atoms with E-state index in [4.69, 9.17) is 4.74 Å². The van der Waals surface area contributed by atoms with Crippen LogP contribution in [0.1, 0.15) is 77.1 Å². The van der Waals surface area contributed by atoms with Gasteiger partial charge in [0.2, 0.25) is 0 Å². The lowest BCUT2D eigenvalue weighted by Gasteiger charge is -2.34. The molecule has 0 aromatic heterocycles. The molecule has 0 heterocycles. The van der Waals surface area contributed by atoms with E-state index in [0.29, 0.717) is 0 Å². The van der Waals surface area contributed by atoms with Gasteiger partial charge in [0.25, 0.3) is 0 Å². The fraction of sp³-hybridized carbons (Fsp3) is 0.552. The van der Waals surface area contributed by atoms with Crippen molar-refractivity contribution in [3.63, 3.8) is 0 Å². The van der Waals surface area contributed by atoms with E-state index in [0.717, 1.165) is 22.3 Å². The van der Waals surface area contributed by atoms with E-state index in [1.165, 1.54) is 0 Å². The van der Waals surface area contributed by atoms with Gasteiger partial charge in [0.15, 0.2) is 0 Å². The third-order valence-corrected chi connectivity index (χ3v) is 6.93. The largest absolute Gasteiger partial charge is 0.508 e. The van der Waals surface area contributed by atoms with Crippen molar-refractivity contribution in [1.29, 1.82) is 0 Å². The molecule has 0 saturated heterocycles. The summed E-state index contributed by atoms with van der Waals surface area (Å²) in [5, 5.41) is 49.8. The Morgan fingerprint density at radius 3 is 1.44 bits per heavy atom. The van der Waals surface area contributed by atoms with Crippen LogP contribution in [0, 0.1) is 5.41 Å². The van der Waals surface area contributed by atoms with Crippen molar-refractivity contribution in [2.45, 2.75) is 71.1 Å². The van der Waals surface area contributed by atoms with Crippen molar-refractivity contribution >= 4 is 5.97 Å². The summed E-state index contributed by atoms with van der Waals surface area (Å²) in [7, 11) is 0. The average molecular weight is 503 g/mol. The molecule has 0 saturated carbocycles. The third-order valence-electron chi connectivity index (χ3n) is 6.93. The van der Waals surface area contributed by atoms with E-state index in [9.17, 15) is 30.3 Å². The number of carbonyl (C=O) groups is 1. The Morgan fingerprint density at radius 2 is 1.11 bits per heavy atom. The SMILES string of the molecule is CC(C)(C)c1cc(C(C)(CC(=O)OCC(CO)(CO)CO)c2ccc(O)c(C(C)(C)C)c2)ccc1O. The van der Waals surface area contributed by atoms with Crippen LogP contribution >= 0.6 is 0 Å². The van der Waals surface area contributed by atoms with Crippen LogP contribution in [0.25, 0.3) is 0 Å². The summed E-state index contributed by atoms with van der Waals surface area (Å²) in [4.78, 5) is 13.1. The molecule has 7 nitrogen and oxygen atoms in total. The van der Waals surface area contributed by atoms with E-state index in [1.807, 2.05) is 60.6 Å². The number of benzene rings is 2. The van der Waals surface area contributed by atoms with Crippen molar-refractivity contribution < 1.29 is 35.1 Å². The lowest BCUT2D eigenvalue weighted by atomic mass is 9.70. The molecule has 0 radical (unpaired) electrons. The first-order valence-electron chi connectivity index (χ1n) is 12.2. The predicted molar refractivity (Wildman–Crippen MR) is 139 cm³/mol. The Hall–Kier alpha value is -2.61. The van der Waals surface area contributed by atoms with Gasteiger partial charge in [0, 0.05) is 5.41 Å². The maximum absolute atomic E-state index is 13.1. The molecule has 0 atom stereocenters. The van der Waals surface area contributed by atoms with Crippen LogP contribution in [0.2, 0.25) is 0 Å². The van der Waals surface area contributed by atoms with Crippen LogP contribution in [0.5, 0.6) is 11.5 Å². The molecule has 200 valence electrons. The van der Waals surface area contributed by atoms with Gasteiger partial charge in [-0.15, -0.1) is 0 Å². The minimum atomic E-state index is -1.33. The summed E-state index contributed by atoms with van der Waals surface area (Å²) in [6.45, 7) is 11.9. The number of esters is 1. The molecule has 0 fully saturated rings. The molecule has 7 heteroatoms. The van der Waals surface area contributed by atoms with Crippen LogP contribution in [0.15, 0.2) is 36.4 Å². The van der Waals surface area contributed by atoms with Crippen molar-refractivity contribution in [3.8, 4) is 11.5 Å². The van der Waals surface area contributed by atoms with Gasteiger partial charge in [-0.05, 0) is 45.2 Å². The summed E-state index contributed by atoms with van der Waals surface area (Å²) in [6.07, 6.45) is -0.0892. The number of hydrogen-bond donors (Lipinski definition) is 5. The number of aromatic hydroxyl groups is 2. The minimum Gasteiger partial charge on any atom is -0.508 e. The number of phenolic OH excluding ortho intramolecular Hbond substituents is 2. The summed E-state index contributed by atoms with van der Waals surface area (Å²) >= 11 is 0. The molecule has 2 aromatic carbocycles. The second-order valence-electron chi connectivity index (χ2n) is 12.1. The zero-order chi connectivity index (χ0) is 27.5. The average Bonchev–Trinajstić information content (AvgIpc) is 2.79. The Labute approximate surface area is 214 Å². The van der Waals surface area contributed by atoms with E-state index >= 15 is 0 Å². The fourth-order valence-corrected chi connectivity index (χ4v) is 4.19. The number of ether oxygens (including phenoxy) is 1. The van der Waals surface area contributed by atoms with Gasteiger partial charge >= 0.3 is 5.97 Å². The molecule has 2 rings (SSSR count). The lowest BCUT2D eigenvalue weighted by Crippen LogP contribution is -2.40. The molecule has 36 heavy (non-hydrogen) atoms. The van der Waals surface area contributed by atoms with Crippen LogP contribution < -0.4 is 0 Å². The fourth-order valence-electron chi connectivity index (χ4n) is 4.19. The van der Waals surface area contributed by atoms with Crippen molar-refractivity contribution in [3.05, 3.63) is 58.7 Å². The van der Waals surface area contributed by atoms with E-state index in [-0.39, 0.29) is 35.4 Å².